The Kier molecular flexibility index (Phi) is 5.64. The average Bonchev–Trinajstić information content (AvgIpc) is 2.26. The fourth-order valence-corrected chi connectivity index (χ4v) is 2.66. The van der Waals surface area contributed by atoms with E-state index in [1.807, 2.05) is 13.8 Å². The summed E-state index contributed by atoms with van der Waals surface area (Å²) in [7, 11) is 0. The van der Waals surface area contributed by atoms with Crippen LogP contribution in [0, 0.1) is 11.8 Å². The van der Waals surface area contributed by atoms with Crippen molar-refractivity contribution in [2.45, 2.75) is 64.2 Å². The zero-order valence-electron chi connectivity index (χ0n) is 11.5. The van der Waals surface area contributed by atoms with Crippen LogP contribution in [-0.4, -0.2) is 24.2 Å². The number of rotatable bonds is 4. The van der Waals surface area contributed by atoms with Gasteiger partial charge in [-0.25, -0.2) is 0 Å². The van der Waals surface area contributed by atoms with Gasteiger partial charge in [-0.05, 0) is 46.0 Å². The summed E-state index contributed by atoms with van der Waals surface area (Å²) in [5, 5.41) is 2.83. The van der Waals surface area contributed by atoms with E-state index in [2.05, 4.69) is 5.32 Å². The Morgan fingerprint density at radius 1 is 1.26 bits per heavy atom. The van der Waals surface area contributed by atoms with E-state index in [9.17, 15) is 18.0 Å². The molecule has 0 aromatic heterocycles. The van der Waals surface area contributed by atoms with E-state index in [0.29, 0.717) is 19.3 Å². The van der Waals surface area contributed by atoms with Crippen molar-refractivity contribution in [3.63, 3.8) is 0 Å². The first-order valence-electron chi connectivity index (χ1n) is 6.82. The fraction of sp³-hybridized carbons (Fsp3) is 0.923. The summed E-state index contributed by atoms with van der Waals surface area (Å²) >= 11 is 0. The van der Waals surface area contributed by atoms with Crippen molar-refractivity contribution in [3.05, 3.63) is 0 Å². The summed E-state index contributed by atoms with van der Waals surface area (Å²) in [5.74, 6) is -1.65. The molecule has 112 valence electrons. The molecule has 1 saturated carbocycles. The van der Waals surface area contributed by atoms with Crippen LogP contribution in [0.1, 0.15) is 46.0 Å². The van der Waals surface area contributed by atoms with Crippen molar-refractivity contribution in [2.75, 3.05) is 0 Å². The van der Waals surface area contributed by atoms with Crippen LogP contribution >= 0.6 is 0 Å². The topological polar surface area (TPSA) is 55.1 Å². The first-order valence-corrected chi connectivity index (χ1v) is 6.82. The quantitative estimate of drug-likeness (QED) is 0.831. The van der Waals surface area contributed by atoms with Crippen molar-refractivity contribution in [1.82, 2.24) is 5.32 Å². The van der Waals surface area contributed by atoms with E-state index >= 15 is 0 Å². The molecule has 1 fully saturated rings. The molecule has 19 heavy (non-hydrogen) atoms. The van der Waals surface area contributed by atoms with Crippen LogP contribution in [-0.2, 0) is 4.79 Å². The Hall–Kier alpha value is -0.780. The molecule has 0 spiro atoms. The number of carbonyl (C=O) groups excluding carboxylic acids is 1. The van der Waals surface area contributed by atoms with E-state index in [4.69, 9.17) is 5.73 Å². The third-order valence-electron chi connectivity index (χ3n) is 3.67. The molecule has 0 bridgehead atoms. The predicted molar refractivity (Wildman–Crippen MR) is 67.4 cm³/mol. The maximum atomic E-state index is 12.5. The Morgan fingerprint density at radius 3 is 2.21 bits per heavy atom. The van der Waals surface area contributed by atoms with Gasteiger partial charge in [0.2, 0.25) is 5.91 Å². The minimum absolute atomic E-state index is 0.00346. The Bertz CT molecular complexity index is 297. The van der Waals surface area contributed by atoms with E-state index in [1.165, 1.54) is 0 Å². The second-order valence-electron chi connectivity index (χ2n) is 5.71. The van der Waals surface area contributed by atoms with Gasteiger partial charge in [0.25, 0.3) is 0 Å². The number of nitrogens with one attached hydrogen (secondary N) is 1. The lowest BCUT2D eigenvalue weighted by molar-refractivity contribution is -0.184. The normalized spacial score (nSPS) is 27.7. The van der Waals surface area contributed by atoms with Crippen LogP contribution in [0.2, 0.25) is 0 Å². The molecule has 0 heterocycles. The second kappa shape index (κ2) is 6.59. The van der Waals surface area contributed by atoms with Crippen molar-refractivity contribution >= 4 is 5.91 Å². The maximum Gasteiger partial charge on any atom is 0.391 e. The van der Waals surface area contributed by atoms with Gasteiger partial charge < -0.3 is 11.1 Å². The summed E-state index contributed by atoms with van der Waals surface area (Å²) in [6.45, 7) is 3.72. The lowest BCUT2D eigenvalue weighted by Crippen LogP contribution is -2.41. The number of halogens is 3. The number of hydrogen-bond donors (Lipinski definition) is 2. The molecule has 3 nitrogen and oxygen atoms in total. The first-order chi connectivity index (χ1) is 8.70. The van der Waals surface area contributed by atoms with Crippen molar-refractivity contribution < 1.29 is 18.0 Å². The number of alkyl halides is 3. The highest BCUT2D eigenvalue weighted by Crippen LogP contribution is 2.39. The molecule has 0 aliphatic heterocycles. The van der Waals surface area contributed by atoms with Gasteiger partial charge in [-0.15, -0.1) is 0 Å². The second-order valence-corrected chi connectivity index (χ2v) is 5.71. The monoisotopic (exact) mass is 280 g/mol. The number of amides is 1. The largest absolute Gasteiger partial charge is 0.391 e. The molecule has 0 radical (unpaired) electrons. The molecule has 1 amide bonds. The first kappa shape index (κ1) is 16.3. The molecule has 2 atom stereocenters. The summed E-state index contributed by atoms with van der Waals surface area (Å²) in [6, 6.07) is -0.0379. The molecule has 3 N–H and O–H groups in total. The van der Waals surface area contributed by atoms with Crippen molar-refractivity contribution in [1.29, 1.82) is 0 Å². The lowest BCUT2D eigenvalue weighted by Gasteiger charge is -2.30. The summed E-state index contributed by atoms with van der Waals surface area (Å²) < 4.78 is 37.5. The molecule has 0 saturated heterocycles. The zero-order chi connectivity index (χ0) is 14.6. The number of nitrogens with two attached hydrogens (primary N) is 1. The Labute approximate surface area is 112 Å². The molecule has 1 aliphatic carbocycles. The van der Waals surface area contributed by atoms with Crippen molar-refractivity contribution in [2.24, 2.45) is 17.6 Å². The molecular formula is C13H23F3N2O. The smallest absolute Gasteiger partial charge is 0.353 e. The highest BCUT2D eigenvalue weighted by Gasteiger charge is 2.42. The third-order valence-corrected chi connectivity index (χ3v) is 3.67. The predicted octanol–water partition coefficient (Wildman–Crippen LogP) is 2.60. The van der Waals surface area contributed by atoms with Crippen LogP contribution < -0.4 is 11.1 Å². The summed E-state index contributed by atoms with van der Waals surface area (Å²) in [5.41, 5.74) is 5.64. The van der Waals surface area contributed by atoms with E-state index in [-0.39, 0.29) is 36.8 Å². The van der Waals surface area contributed by atoms with Crippen LogP contribution in [0.4, 0.5) is 13.2 Å². The van der Waals surface area contributed by atoms with Gasteiger partial charge in [-0.1, -0.05) is 0 Å². The van der Waals surface area contributed by atoms with Crippen LogP contribution in [0.25, 0.3) is 0 Å². The molecule has 1 rings (SSSR count). The van der Waals surface area contributed by atoms with Crippen LogP contribution in [0.15, 0.2) is 0 Å². The molecule has 6 heteroatoms. The zero-order valence-corrected chi connectivity index (χ0v) is 11.5. The molecule has 2 unspecified atom stereocenters. The number of hydrogen-bond acceptors (Lipinski definition) is 2. The number of carbonyl (C=O) groups is 1. The molecule has 0 aromatic carbocycles. The standard InChI is InChI=1S/C13H23F3N2O/c1-8(17)7-9(2)18-12(19)10-3-5-11(6-4-10)13(14,15)16/h8-11H,3-7,17H2,1-2H3,(H,18,19). The minimum Gasteiger partial charge on any atom is -0.353 e. The lowest BCUT2D eigenvalue weighted by atomic mass is 9.81. The third kappa shape index (κ3) is 5.38. The van der Waals surface area contributed by atoms with Gasteiger partial charge in [0.1, 0.15) is 0 Å². The Balaban J connectivity index is 2.37. The highest BCUT2D eigenvalue weighted by atomic mass is 19.4. The van der Waals surface area contributed by atoms with Gasteiger partial charge in [-0.3, -0.25) is 4.79 Å². The van der Waals surface area contributed by atoms with E-state index < -0.39 is 12.1 Å². The highest BCUT2D eigenvalue weighted by molar-refractivity contribution is 5.78. The maximum absolute atomic E-state index is 12.5. The minimum atomic E-state index is -4.12. The molecule has 0 aromatic rings. The van der Waals surface area contributed by atoms with Gasteiger partial charge in [0, 0.05) is 18.0 Å². The van der Waals surface area contributed by atoms with Gasteiger partial charge >= 0.3 is 6.18 Å². The molecule has 1 aliphatic rings. The summed E-state index contributed by atoms with van der Waals surface area (Å²) in [6.07, 6.45) is -2.69. The van der Waals surface area contributed by atoms with E-state index in [0.717, 1.165) is 0 Å². The summed E-state index contributed by atoms with van der Waals surface area (Å²) in [4.78, 5) is 11.9. The fourth-order valence-electron chi connectivity index (χ4n) is 2.66. The van der Waals surface area contributed by atoms with Crippen LogP contribution in [0.5, 0.6) is 0 Å². The van der Waals surface area contributed by atoms with Gasteiger partial charge in [-0.2, -0.15) is 13.2 Å². The van der Waals surface area contributed by atoms with Crippen LogP contribution in [0.3, 0.4) is 0 Å². The molecular weight excluding hydrogens is 257 g/mol. The van der Waals surface area contributed by atoms with Gasteiger partial charge in [0.05, 0.1) is 5.92 Å². The Morgan fingerprint density at radius 2 is 1.79 bits per heavy atom. The average molecular weight is 280 g/mol. The van der Waals surface area contributed by atoms with E-state index in [1.54, 1.807) is 0 Å². The van der Waals surface area contributed by atoms with Crippen molar-refractivity contribution in [3.8, 4) is 0 Å². The SMILES string of the molecule is CC(N)CC(C)NC(=O)C1CCC(C(F)(F)F)CC1. The van der Waals surface area contributed by atoms with Gasteiger partial charge in [0.15, 0.2) is 0 Å².